The molecule has 10 heteroatoms. The van der Waals surface area contributed by atoms with Crippen LogP contribution >= 0.6 is 11.3 Å². The zero-order chi connectivity index (χ0) is 29.8. The van der Waals surface area contributed by atoms with E-state index in [1.165, 1.54) is 17.0 Å². The van der Waals surface area contributed by atoms with E-state index in [-0.39, 0.29) is 23.5 Å². The lowest BCUT2D eigenvalue weighted by molar-refractivity contribution is -0.124. The van der Waals surface area contributed by atoms with E-state index in [9.17, 15) is 14.4 Å². The molecule has 41 heavy (non-hydrogen) atoms. The number of carbonyl (C=O) groups is 3. The topological polar surface area (TPSA) is 117 Å². The van der Waals surface area contributed by atoms with E-state index in [1.807, 2.05) is 68.4 Å². The van der Waals surface area contributed by atoms with Gasteiger partial charge in [-0.2, -0.15) is 0 Å². The average molecular weight is 574 g/mol. The van der Waals surface area contributed by atoms with E-state index in [1.54, 1.807) is 24.5 Å². The number of pyridine rings is 1. The lowest BCUT2D eigenvalue weighted by atomic mass is 10.2. The van der Waals surface area contributed by atoms with Crippen molar-refractivity contribution in [3.63, 3.8) is 0 Å². The molecule has 0 aliphatic carbocycles. The number of hydrogen-bond acceptors (Lipinski definition) is 8. The first-order chi connectivity index (χ1) is 19.9. The van der Waals surface area contributed by atoms with Crippen molar-refractivity contribution in [2.45, 2.75) is 46.2 Å². The third-order valence-corrected chi connectivity index (χ3v) is 7.35. The van der Waals surface area contributed by atoms with E-state index in [4.69, 9.17) is 4.42 Å². The second-order valence-electron chi connectivity index (χ2n) is 8.79. The summed E-state index contributed by atoms with van der Waals surface area (Å²) in [5.41, 5.74) is 2.04. The molecule has 1 atom stereocenters. The van der Waals surface area contributed by atoms with Gasteiger partial charge in [0.2, 0.25) is 5.91 Å². The monoisotopic (exact) mass is 573 g/mol. The molecular weight excluding hydrogens is 538 g/mol. The first kappa shape index (κ1) is 31.0. The number of allylic oxidation sites excluding steroid dienone is 3. The third-order valence-electron chi connectivity index (χ3n) is 6.23. The number of aldehydes is 1. The van der Waals surface area contributed by atoms with Crippen LogP contribution in [0.2, 0.25) is 0 Å². The zero-order valence-corrected chi connectivity index (χ0v) is 24.5. The van der Waals surface area contributed by atoms with Crippen molar-refractivity contribution in [3.8, 4) is 11.3 Å². The van der Waals surface area contributed by atoms with Crippen LogP contribution in [0.1, 0.15) is 49.2 Å². The molecule has 0 radical (unpaired) electrons. The standard InChI is InChI=1S/C15H17N3OS.C14H12N2O3.C2H6/c1-10-3-4-13(18(10)2)15(19)17-9-12-7-11-8-16-6-5-14(11)20-12;1-2-11(9-17)16-13(18)14-15-8-12(19-14)10-6-4-3-5-7-10;1-2/h5-8,13H,1,3-4,9H2,2H3,(H,17,19);2-9H,1H3,(H,16,18);1-2H3/b;11-2+;. The molecular formula is C31H35N5O4S. The van der Waals surface area contributed by atoms with Crippen LogP contribution in [-0.4, -0.2) is 46.1 Å². The van der Waals surface area contributed by atoms with Crippen molar-refractivity contribution in [3.05, 3.63) is 95.9 Å². The summed E-state index contributed by atoms with van der Waals surface area (Å²) in [5, 5.41) is 6.55. The number of benzene rings is 1. The van der Waals surface area contributed by atoms with Gasteiger partial charge in [-0.25, -0.2) is 4.98 Å². The maximum Gasteiger partial charge on any atom is 0.311 e. The summed E-state index contributed by atoms with van der Waals surface area (Å²) in [6, 6.07) is 13.3. The summed E-state index contributed by atoms with van der Waals surface area (Å²) >= 11 is 1.70. The summed E-state index contributed by atoms with van der Waals surface area (Å²) in [5.74, 6) is -0.0527. The van der Waals surface area contributed by atoms with E-state index in [0.29, 0.717) is 18.6 Å². The van der Waals surface area contributed by atoms with Crippen LogP contribution in [0.5, 0.6) is 0 Å². The van der Waals surface area contributed by atoms with E-state index in [0.717, 1.165) is 34.4 Å². The normalized spacial score (nSPS) is 14.4. The van der Waals surface area contributed by atoms with Gasteiger partial charge in [0.1, 0.15) is 6.04 Å². The molecule has 1 aromatic carbocycles. The first-order valence-corrected chi connectivity index (χ1v) is 14.2. The maximum absolute atomic E-state index is 12.2. The van der Waals surface area contributed by atoms with Crippen LogP contribution in [0, 0.1) is 0 Å². The minimum absolute atomic E-state index is 0.0708. The molecule has 3 aromatic heterocycles. The summed E-state index contributed by atoms with van der Waals surface area (Å²) < 4.78 is 6.56. The Morgan fingerprint density at radius 3 is 2.59 bits per heavy atom. The van der Waals surface area contributed by atoms with Gasteiger partial charge in [-0.15, -0.1) is 11.3 Å². The number of thiophene rings is 1. The van der Waals surface area contributed by atoms with Crippen LogP contribution in [-0.2, 0) is 16.1 Å². The molecule has 0 bridgehead atoms. The smallest absolute Gasteiger partial charge is 0.311 e. The highest BCUT2D eigenvalue weighted by atomic mass is 32.1. The number of likely N-dealkylation sites (tertiary alicyclic amines) is 1. The number of aromatic nitrogens is 2. The fourth-order valence-electron chi connectivity index (χ4n) is 3.99. The van der Waals surface area contributed by atoms with Gasteiger partial charge in [-0.3, -0.25) is 19.4 Å². The maximum atomic E-state index is 12.2. The van der Waals surface area contributed by atoms with Crippen LogP contribution in [0.4, 0.5) is 0 Å². The molecule has 214 valence electrons. The Bertz CT molecular complexity index is 1480. The Hall–Kier alpha value is -4.57. The summed E-state index contributed by atoms with van der Waals surface area (Å²) in [4.78, 5) is 45.7. The number of carbonyl (C=O) groups excluding carboxylic acids is 3. The number of likely N-dealkylation sites (N-methyl/N-ethyl adjacent to an activating group) is 1. The van der Waals surface area contributed by atoms with Crippen LogP contribution in [0.3, 0.4) is 0 Å². The Morgan fingerprint density at radius 2 is 1.95 bits per heavy atom. The Kier molecular flexibility index (Phi) is 11.5. The minimum Gasteiger partial charge on any atom is -0.432 e. The highest BCUT2D eigenvalue weighted by Gasteiger charge is 2.29. The number of nitrogens with one attached hydrogen (secondary N) is 2. The SMILES string of the molecule is C/C=C(\C=O)NC(=O)c1ncc(-c2ccccc2)o1.C=C1CCC(C(=O)NCc2cc3cnccc3s2)N1C.CC. The fraction of sp³-hybridized carbons (Fsp3) is 0.258. The number of rotatable bonds is 7. The van der Waals surface area contributed by atoms with Crippen molar-refractivity contribution in [1.82, 2.24) is 25.5 Å². The lowest BCUT2D eigenvalue weighted by Crippen LogP contribution is -2.40. The largest absolute Gasteiger partial charge is 0.432 e. The summed E-state index contributed by atoms with van der Waals surface area (Å²) in [7, 11) is 1.94. The minimum atomic E-state index is -0.553. The molecule has 1 unspecified atom stereocenters. The average Bonchev–Trinajstić information content (AvgIpc) is 3.75. The molecule has 1 saturated heterocycles. The van der Waals surface area contributed by atoms with Crippen LogP contribution < -0.4 is 10.6 Å². The first-order valence-electron chi connectivity index (χ1n) is 13.3. The van der Waals surface area contributed by atoms with Gasteiger partial charge in [-0.05, 0) is 31.9 Å². The van der Waals surface area contributed by atoms with Crippen LogP contribution in [0.15, 0.2) is 89.5 Å². The highest BCUT2D eigenvalue weighted by molar-refractivity contribution is 7.19. The van der Waals surface area contributed by atoms with Gasteiger partial charge >= 0.3 is 5.91 Å². The molecule has 0 spiro atoms. The van der Waals surface area contributed by atoms with Crippen molar-refractivity contribution in [2.75, 3.05) is 7.05 Å². The number of hydrogen-bond donors (Lipinski definition) is 2. The second-order valence-corrected chi connectivity index (χ2v) is 9.96. The van der Waals surface area contributed by atoms with Crippen LogP contribution in [0.25, 0.3) is 21.4 Å². The van der Waals surface area contributed by atoms with Gasteiger partial charge in [0.15, 0.2) is 12.0 Å². The Labute approximate surface area is 244 Å². The van der Waals surface area contributed by atoms with Gasteiger partial charge in [0, 0.05) is 45.7 Å². The molecule has 4 aromatic rings. The Morgan fingerprint density at radius 1 is 1.20 bits per heavy atom. The zero-order valence-electron chi connectivity index (χ0n) is 23.7. The fourth-order valence-corrected chi connectivity index (χ4v) is 4.96. The highest BCUT2D eigenvalue weighted by Crippen LogP contribution is 2.26. The Balaban J connectivity index is 0.000000213. The van der Waals surface area contributed by atoms with Gasteiger partial charge in [0.25, 0.3) is 5.89 Å². The number of amides is 2. The number of fused-ring (bicyclic) bond motifs is 1. The van der Waals surface area contributed by atoms with Crippen molar-refractivity contribution >= 4 is 39.5 Å². The molecule has 5 rings (SSSR count). The van der Waals surface area contributed by atoms with Crippen molar-refractivity contribution in [1.29, 1.82) is 0 Å². The van der Waals surface area contributed by atoms with Gasteiger partial charge in [-0.1, -0.05) is 56.8 Å². The molecule has 4 heterocycles. The lowest BCUT2D eigenvalue weighted by Gasteiger charge is -2.21. The van der Waals surface area contributed by atoms with E-state index >= 15 is 0 Å². The molecule has 2 N–H and O–H groups in total. The predicted molar refractivity (Wildman–Crippen MR) is 162 cm³/mol. The molecule has 1 aliphatic heterocycles. The summed E-state index contributed by atoms with van der Waals surface area (Å²) in [6.45, 7) is 10.2. The molecule has 1 aliphatic rings. The van der Waals surface area contributed by atoms with E-state index in [2.05, 4.69) is 33.2 Å². The quantitative estimate of drug-likeness (QED) is 0.214. The molecule has 2 amide bonds. The number of nitrogens with zero attached hydrogens (tertiary/aromatic N) is 3. The molecule has 1 fully saturated rings. The van der Waals surface area contributed by atoms with Crippen molar-refractivity contribution in [2.24, 2.45) is 0 Å². The van der Waals surface area contributed by atoms with Gasteiger partial charge in [0.05, 0.1) is 18.4 Å². The summed E-state index contributed by atoms with van der Waals surface area (Å²) in [6.07, 6.45) is 8.93. The van der Waals surface area contributed by atoms with Crippen molar-refractivity contribution < 1.29 is 18.8 Å². The van der Waals surface area contributed by atoms with E-state index < -0.39 is 5.91 Å². The molecule has 9 nitrogen and oxygen atoms in total. The van der Waals surface area contributed by atoms with Gasteiger partial charge < -0.3 is 20.0 Å². The second kappa shape index (κ2) is 15.3. The molecule has 0 saturated carbocycles. The third kappa shape index (κ3) is 8.21. The number of oxazole rings is 1. The predicted octanol–water partition coefficient (Wildman–Crippen LogP) is 5.72.